The number of benzene rings is 4. The van der Waals surface area contributed by atoms with Crippen molar-refractivity contribution >= 4 is 23.1 Å². The molecule has 4 rings (SSSR count). The largest absolute Gasteiger partial charge is 0.478 e. The van der Waals surface area contributed by atoms with E-state index in [9.17, 15) is 19.8 Å². The molecule has 0 fully saturated rings. The molecule has 6 heteroatoms. The van der Waals surface area contributed by atoms with Crippen LogP contribution in [0.25, 0.3) is 11.1 Å². The van der Waals surface area contributed by atoms with Crippen molar-refractivity contribution in [3.8, 4) is 0 Å². The standard InChI is InChI=1S/C30H22O4.2C2H6O/c31-29(32)27(25(21-13-5-1-6-14-21)22-15-7-2-8-16-22)28(30(33)34)26(23-17-9-3-10-18-23)24-19-11-4-12-20-24;2*1-2-3/h1-20H,(H,31,32)(H,33,34);2*3H,2H2,1H3. The summed E-state index contributed by atoms with van der Waals surface area (Å²) in [5, 5.41) is 36.1. The number of aliphatic hydroxyl groups excluding tert-OH is 2. The lowest BCUT2D eigenvalue weighted by atomic mass is 9.84. The SMILES string of the molecule is CCO.CCO.O=C(O)C(C(C(=O)O)=C(c1ccccc1)c1ccccc1)=C(c1ccccc1)c1ccccc1. The van der Waals surface area contributed by atoms with E-state index in [1.807, 2.05) is 24.3 Å². The Morgan fingerprint density at radius 2 is 0.625 bits per heavy atom. The maximum absolute atomic E-state index is 12.8. The van der Waals surface area contributed by atoms with Crippen molar-refractivity contribution in [2.24, 2.45) is 0 Å². The van der Waals surface area contributed by atoms with Crippen molar-refractivity contribution in [2.75, 3.05) is 13.2 Å². The van der Waals surface area contributed by atoms with Gasteiger partial charge >= 0.3 is 11.9 Å². The smallest absolute Gasteiger partial charge is 0.337 e. The Morgan fingerprint density at radius 1 is 0.450 bits per heavy atom. The fourth-order valence-electron chi connectivity index (χ4n) is 4.01. The molecule has 4 N–H and O–H groups in total. The molecule has 4 aromatic carbocycles. The Hall–Kier alpha value is -4.78. The summed E-state index contributed by atoms with van der Waals surface area (Å²) in [6.45, 7) is 3.86. The van der Waals surface area contributed by atoms with Crippen LogP contribution in [0.4, 0.5) is 0 Å². The van der Waals surface area contributed by atoms with Crippen LogP contribution in [0.3, 0.4) is 0 Å². The van der Waals surface area contributed by atoms with Gasteiger partial charge in [0.25, 0.3) is 0 Å². The molecule has 206 valence electrons. The highest BCUT2D eigenvalue weighted by molar-refractivity contribution is 6.18. The zero-order valence-corrected chi connectivity index (χ0v) is 22.6. The minimum absolute atomic E-state index is 0.250. The molecule has 0 aliphatic carbocycles. The molecule has 0 aliphatic heterocycles. The van der Waals surface area contributed by atoms with E-state index in [1.165, 1.54) is 0 Å². The van der Waals surface area contributed by atoms with E-state index in [4.69, 9.17) is 10.2 Å². The number of carbonyl (C=O) groups is 2. The van der Waals surface area contributed by atoms with E-state index in [0.29, 0.717) is 33.4 Å². The van der Waals surface area contributed by atoms with Crippen molar-refractivity contribution in [1.82, 2.24) is 0 Å². The predicted octanol–water partition coefficient (Wildman–Crippen LogP) is 6.16. The van der Waals surface area contributed by atoms with Crippen molar-refractivity contribution in [2.45, 2.75) is 13.8 Å². The monoisotopic (exact) mass is 538 g/mol. The lowest BCUT2D eigenvalue weighted by Gasteiger charge is -2.19. The molecule has 0 amide bonds. The molecule has 6 nitrogen and oxygen atoms in total. The highest BCUT2D eigenvalue weighted by atomic mass is 16.4. The van der Waals surface area contributed by atoms with Gasteiger partial charge < -0.3 is 20.4 Å². The average Bonchev–Trinajstić information content (AvgIpc) is 2.97. The molecule has 40 heavy (non-hydrogen) atoms. The van der Waals surface area contributed by atoms with Gasteiger partial charge in [-0.05, 0) is 36.1 Å². The maximum Gasteiger partial charge on any atom is 0.337 e. The van der Waals surface area contributed by atoms with E-state index in [2.05, 4.69) is 0 Å². The van der Waals surface area contributed by atoms with Crippen molar-refractivity contribution < 1.29 is 30.0 Å². The second kappa shape index (κ2) is 16.9. The molecule has 0 saturated heterocycles. The van der Waals surface area contributed by atoms with Gasteiger partial charge in [0.05, 0.1) is 11.1 Å². The first-order valence-electron chi connectivity index (χ1n) is 12.8. The van der Waals surface area contributed by atoms with Gasteiger partial charge in [-0.25, -0.2) is 9.59 Å². The Bertz CT molecular complexity index is 1200. The summed E-state index contributed by atoms with van der Waals surface area (Å²) in [7, 11) is 0. The normalized spacial score (nSPS) is 9.60. The maximum atomic E-state index is 12.8. The van der Waals surface area contributed by atoms with E-state index < -0.39 is 11.9 Å². The van der Waals surface area contributed by atoms with Gasteiger partial charge in [0, 0.05) is 24.4 Å². The molecule has 0 radical (unpaired) electrons. The number of hydrogen-bond donors (Lipinski definition) is 4. The molecular formula is C34H34O6. The van der Waals surface area contributed by atoms with Crippen LogP contribution in [0.1, 0.15) is 36.1 Å². The predicted molar refractivity (Wildman–Crippen MR) is 159 cm³/mol. The minimum atomic E-state index is -1.32. The van der Waals surface area contributed by atoms with Gasteiger partial charge in [-0.2, -0.15) is 0 Å². The fraction of sp³-hybridized carbons (Fsp3) is 0.118. The quantitative estimate of drug-likeness (QED) is 0.166. The van der Waals surface area contributed by atoms with E-state index in [0.717, 1.165) is 0 Å². The summed E-state index contributed by atoms with van der Waals surface area (Å²) in [6.07, 6.45) is 0. The van der Waals surface area contributed by atoms with Crippen molar-refractivity contribution in [3.05, 3.63) is 155 Å². The summed E-state index contributed by atoms with van der Waals surface area (Å²) < 4.78 is 0. The second-order valence-electron chi connectivity index (χ2n) is 8.21. The third kappa shape index (κ3) is 8.63. The Labute approximate surface area is 234 Å². The lowest BCUT2D eigenvalue weighted by Crippen LogP contribution is -2.17. The number of carboxylic acid groups (broad SMARTS) is 2. The second-order valence-corrected chi connectivity index (χ2v) is 8.21. The van der Waals surface area contributed by atoms with Crippen LogP contribution < -0.4 is 0 Å². The molecule has 0 spiro atoms. The van der Waals surface area contributed by atoms with Gasteiger partial charge in [-0.1, -0.05) is 121 Å². The molecule has 0 saturated carbocycles. The molecule has 0 aliphatic rings. The first-order chi connectivity index (χ1) is 19.4. The summed E-state index contributed by atoms with van der Waals surface area (Å²) in [5.74, 6) is -2.63. The Balaban J connectivity index is 0.000000858. The summed E-state index contributed by atoms with van der Waals surface area (Å²) in [4.78, 5) is 25.7. The molecule has 0 aromatic heterocycles. The van der Waals surface area contributed by atoms with Gasteiger partial charge in [-0.3, -0.25) is 0 Å². The molecular weight excluding hydrogens is 504 g/mol. The zero-order valence-electron chi connectivity index (χ0n) is 22.6. The molecule has 0 heterocycles. The zero-order chi connectivity index (χ0) is 29.3. The van der Waals surface area contributed by atoms with Crippen LogP contribution in [0, 0.1) is 0 Å². The Morgan fingerprint density at radius 3 is 0.775 bits per heavy atom. The van der Waals surface area contributed by atoms with E-state index in [1.54, 1.807) is 111 Å². The summed E-state index contributed by atoms with van der Waals surface area (Å²) in [5.41, 5.74) is 2.61. The Kier molecular flexibility index (Phi) is 13.3. The molecule has 0 atom stereocenters. The number of hydrogen-bond acceptors (Lipinski definition) is 4. The van der Waals surface area contributed by atoms with Crippen LogP contribution in [-0.2, 0) is 9.59 Å². The van der Waals surface area contributed by atoms with Crippen LogP contribution >= 0.6 is 0 Å². The molecule has 0 unspecified atom stereocenters. The van der Waals surface area contributed by atoms with Crippen LogP contribution in [0.2, 0.25) is 0 Å². The van der Waals surface area contributed by atoms with E-state index >= 15 is 0 Å². The molecule has 4 aromatic rings. The fourth-order valence-corrected chi connectivity index (χ4v) is 4.01. The molecule has 0 bridgehead atoms. The first-order valence-corrected chi connectivity index (χ1v) is 12.8. The third-order valence-electron chi connectivity index (χ3n) is 5.43. The number of rotatable bonds is 7. The average molecular weight is 539 g/mol. The van der Waals surface area contributed by atoms with Gasteiger partial charge in [0.1, 0.15) is 0 Å². The number of aliphatic hydroxyl groups is 2. The van der Waals surface area contributed by atoms with Crippen LogP contribution in [-0.4, -0.2) is 45.6 Å². The summed E-state index contributed by atoms with van der Waals surface area (Å²) in [6, 6.07) is 36.1. The van der Waals surface area contributed by atoms with Gasteiger partial charge in [0.2, 0.25) is 0 Å². The van der Waals surface area contributed by atoms with Crippen molar-refractivity contribution in [1.29, 1.82) is 0 Å². The minimum Gasteiger partial charge on any atom is -0.478 e. The number of aliphatic carboxylic acids is 2. The van der Waals surface area contributed by atoms with Crippen molar-refractivity contribution in [3.63, 3.8) is 0 Å². The van der Waals surface area contributed by atoms with Crippen LogP contribution in [0.5, 0.6) is 0 Å². The summed E-state index contributed by atoms with van der Waals surface area (Å²) >= 11 is 0. The highest BCUT2D eigenvalue weighted by Crippen LogP contribution is 2.37. The highest BCUT2D eigenvalue weighted by Gasteiger charge is 2.30. The third-order valence-corrected chi connectivity index (χ3v) is 5.43. The lowest BCUT2D eigenvalue weighted by molar-refractivity contribution is -0.136. The first kappa shape index (κ1) is 31.4. The van der Waals surface area contributed by atoms with Crippen LogP contribution in [0.15, 0.2) is 132 Å². The van der Waals surface area contributed by atoms with Gasteiger partial charge in [-0.15, -0.1) is 0 Å². The van der Waals surface area contributed by atoms with Gasteiger partial charge in [0.15, 0.2) is 0 Å². The topological polar surface area (TPSA) is 115 Å². The number of carboxylic acids is 2. The van der Waals surface area contributed by atoms with E-state index in [-0.39, 0.29) is 24.4 Å².